The molecule has 0 fully saturated rings. The van der Waals surface area contributed by atoms with E-state index >= 15 is 0 Å². The van der Waals surface area contributed by atoms with E-state index in [2.05, 4.69) is 0 Å². The minimum absolute atomic E-state index is 0.0731. The largest absolute Gasteiger partial charge is 0.392 e. The molecule has 0 heterocycles. The van der Waals surface area contributed by atoms with Crippen LogP contribution in [0.15, 0.2) is 0 Å². The van der Waals surface area contributed by atoms with Crippen molar-refractivity contribution in [1.82, 2.24) is 5.32 Å². The number of hydrogen-bond donors (Lipinski definition) is 8. The summed E-state index contributed by atoms with van der Waals surface area (Å²) in [5.41, 5.74) is 10.1. The van der Waals surface area contributed by atoms with Crippen molar-refractivity contribution in [2.45, 2.75) is 38.1 Å². The van der Waals surface area contributed by atoms with Gasteiger partial charge in [0.2, 0.25) is 5.79 Å². The van der Waals surface area contributed by atoms with Crippen molar-refractivity contribution < 1.29 is 25.5 Å². The van der Waals surface area contributed by atoms with E-state index in [0.29, 0.717) is 6.54 Å². The maximum atomic E-state index is 8.87. The van der Waals surface area contributed by atoms with Crippen molar-refractivity contribution in [3.63, 3.8) is 0 Å². The Bertz CT molecular complexity index is 180. The van der Waals surface area contributed by atoms with Gasteiger partial charge in [0.15, 0.2) is 0 Å². The van der Waals surface area contributed by atoms with Crippen LogP contribution in [0.25, 0.3) is 0 Å². The number of rotatable bonds is 6. The van der Waals surface area contributed by atoms with Crippen molar-refractivity contribution in [3.05, 3.63) is 0 Å². The molecule has 8 nitrogen and oxygen atoms in total. The Morgan fingerprint density at radius 1 is 1.18 bits per heavy atom. The van der Waals surface area contributed by atoms with Gasteiger partial charge in [0.25, 0.3) is 5.91 Å². The third-order valence-corrected chi connectivity index (χ3v) is 1.92. The molecule has 0 aromatic heterocycles. The Kier molecular flexibility index (Phi) is 9.77. The predicted molar refractivity (Wildman–Crippen MR) is 62.4 cm³/mol. The molecule has 0 rings (SSSR count). The Balaban J connectivity index is 0. The summed E-state index contributed by atoms with van der Waals surface area (Å²) in [5, 5.41) is 45.8. The number of nitrogens with one attached hydrogen (secondary N) is 1. The van der Waals surface area contributed by atoms with Crippen LogP contribution < -0.4 is 16.8 Å². The van der Waals surface area contributed by atoms with E-state index in [4.69, 9.17) is 37.0 Å². The highest BCUT2D eigenvalue weighted by Gasteiger charge is 2.42. The molecular weight excluding hydrogens is 230 g/mol. The van der Waals surface area contributed by atoms with Gasteiger partial charge in [-0.1, -0.05) is 6.92 Å². The van der Waals surface area contributed by atoms with E-state index in [1.54, 1.807) is 0 Å². The van der Waals surface area contributed by atoms with Crippen LogP contribution in [0.3, 0.4) is 0 Å². The summed E-state index contributed by atoms with van der Waals surface area (Å²) >= 11 is 0. The number of aliphatic hydroxyl groups is 5. The van der Waals surface area contributed by atoms with Crippen molar-refractivity contribution >= 4 is 0 Å². The third-order valence-electron chi connectivity index (χ3n) is 1.92. The second-order valence-corrected chi connectivity index (χ2v) is 3.71. The topological polar surface area (TPSA) is 165 Å². The molecule has 0 aliphatic rings. The van der Waals surface area contributed by atoms with Gasteiger partial charge in [-0.15, -0.1) is 0 Å². The zero-order chi connectivity index (χ0) is 14.1. The highest BCUT2D eigenvalue weighted by atomic mass is 16.6. The number of nitrogens with two attached hydrogens (primary N) is 2. The fraction of sp³-hybridized carbons (Fsp3) is 1.00. The molecule has 0 aromatic carbocycles. The van der Waals surface area contributed by atoms with Crippen LogP contribution in [0.1, 0.15) is 20.3 Å². The SMILES string of the molecule is CC(O)(O)C(O)(O)NCCN.CCC(O)CN. The minimum atomic E-state index is -2.73. The molecule has 0 aliphatic heterocycles. The fourth-order valence-electron chi connectivity index (χ4n) is 0.581. The lowest BCUT2D eigenvalue weighted by molar-refractivity contribution is -0.361. The lowest BCUT2D eigenvalue weighted by Gasteiger charge is -2.32. The lowest BCUT2D eigenvalue weighted by atomic mass is 10.2. The average Bonchev–Trinajstić information content (AvgIpc) is 2.24. The maximum Gasteiger partial charge on any atom is 0.278 e. The molecule has 1 unspecified atom stereocenters. The van der Waals surface area contributed by atoms with E-state index in [1.807, 2.05) is 12.2 Å². The monoisotopic (exact) mass is 255 g/mol. The average molecular weight is 255 g/mol. The van der Waals surface area contributed by atoms with Gasteiger partial charge in [-0.25, -0.2) is 0 Å². The summed E-state index contributed by atoms with van der Waals surface area (Å²) in [6, 6.07) is 0. The molecule has 106 valence electrons. The van der Waals surface area contributed by atoms with Crippen LogP contribution in [-0.4, -0.2) is 63.0 Å². The lowest BCUT2D eigenvalue weighted by Crippen LogP contribution is -2.62. The van der Waals surface area contributed by atoms with Crippen molar-refractivity contribution in [1.29, 1.82) is 0 Å². The van der Waals surface area contributed by atoms with E-state index in [-0.39, 0.29) is 19.2 Å². The highest BCUT2D eigenvalue weighted by Crippen LogP contribution is 2.11. The van der Waals surface area contributed by atoms with Crippen molar-refractivity contribution in [2.24, 2.45) is 11.5 Å². The fourth-order valence-corrected chi connectivity index (χ4v) is 0.581. The van der Waals surface area contributed by atoms with E-state index in [1.165, 1.54) is 0 Å². The normalized spacial score (nSPS) is 13.9. The molecule has 1 atom stereocenters. The zero-order valence-corrected chi connectivity index (χ0v) is 10.3. The number of aliphatic hydroxyl groups excluding tert-OH is 1. The standard InChI is InChI=1S/C5H14N2O4.C4H11NO/c1-4(8,9)5(10,11)7-3-2-6;1-2-4(6)3-5/h7-11H,2-3,6H2,1H3;4,6H,2-3,5H2,1H3. The highest BCUT2D eigenvalue weighted by molar-refractivity contribution is 4.74. The summed E-state index contributed by atoms with van der Waals surface area (Å²) in [7, 11) is 0. The molecule has 0 amide bonds. The van der Waals surface area contributed by atoms with Gasteiger partial charge in [0.1, 0.15) is 0 Å². The first-order valence-electron chi connectivity index (χ1n) is 5.35. The van der Waals surface area contributed by atoms with Crippen molar-refractivity contribution in [2.75, 3.05) is 19.6 Å². The molecular formula is C9H25N3O5. The van der Waals surface area contributed by atoms with Gasteiger partial charge in [0.05, 0.1) is 6.10 Å². The summed E-state index contributed by atoms with van der Waals surface area (Å²) in [5.74, 6) is -5.34. The van der Waals surface area contributed by atoms with Crippen LogP contribution in [-0.2, 0) is 0 Å². The van der Waals surface area contributed by atoms with Gasteiger partial charge in [-0.2, -0.15) is 0 Å². The summed E-state index contributed by atoms with van der Waals surface area (Å²) < 4.78 is 0. The van der Waals surface area contributed by atoms with Crippen LogP contribution in [0, 0.1) is 0 Å². The minimum Gasteiger partial charge on any atom is -0.392 e. The Labute approximate surface area is 101 Å². The molecule has 0 aliphatic carbocycles. The van der Waals surface area contributed by atoms with E-state index in [0.717, 1.165) is 13.3 Å². The van der Waals surface area contributed by atoms with Gasteiger partial charge in [0, 0.05) is 19.6 Å². The molecule has 10 N–H and O–H groups in total. The zero-order valence-electron chi connectivity index (χ0n) is 10.3. The Morgan fingerprint density at radius 3 is 1.82 bits per heavy atom. The summed E-state index contributed by atoms with van der Waals surface area (Å²) in [6.07, 6.45) is 0.473. The first-order valence-corrected chi connectivity index (χ1v) is 5.35. The molecule has 0 bridgehead atoms. The summed E-state index contributed by atoms with van der Waals surface area (Å²) in [4.78, 5) is 0. The van der Waals surface area contributed by atoms with Crippen molar-refractivity contribution in [3.8, 4) is 0 Å². The molecule has 17 heavy (non-hydrogen) atoms. The maximum absolute atomic E-state index is 8.87. The molecule has 0 radical (unpaired) electrons. The third kappa shape index (κ3) is 9.39. The van der Waals surface area contributed by atoms with Crippen LogP contribution in [0.2, 0.25) is 0 Å². The Morgan fingerprint density at radius 2 is 1.65 bits per heavy atom. The van der Waals surface area contributed by atoms with Gasteiger partial charge >= 0.3 is 0 Å². The second kappa shape index (κ2) is 8.72. The van der Waals surface area contributed by atoms with Gasteiger partial charge < -0.3 is 37.0 Å². The van der Waals surface area contributed by atoms with Gasteiger partial charge in [-0.05, 0) is 13.3 Å². The Hall–Kier alpha value is -0.320. The molecule has 8 heteroatoms. The molecule has 0 aromatic rings. The van der Waals surface area contributed by atoms with E-state index < -0.39 is 11.7 Å². The quantitative estimate of drug-likeness (QED) is 0.227. The number of hydrogen-bond acceptors (Lipinski definition) is 8. The van der Waals surface area contributed by atoms with Crippen LogP contribution in [0.4, 0.5) is 0 Å². The molecule has 0 saturated carbocycles. The first kappa shape index (κ1) is 19.0. The van der Waals surface area contributed by atoms with Crippen LogP contribution >= 0.6 is 0 Å². The smallest absolute Gasteiger partial charge is 0.278 e. The van der Waals surface area contributed by atoms with E-state index in [9.17, 15) is 0 Å². The summed E-state index contributed by atoms with van der Waals surface area (Å²) in [6.45, 7) is 3.37. The molecule has 0 spiro atoms. The molecule has 0 saturated heterocycles. The first-order chi connectivity index (χ1) is 7.62. The predicted octanol–water partition coefficient (Wildman–Crippen LogP) is -3.41. The second-order valence-electron chi connectivity index (χ2n) is 3.71. The van der Waals surface area contributed by atoms with Crippen LogP contribution in [0.5, 0.6) is 0 Å². The van der Waals surface area contributed by atoms with Gasteiger partial charge in [-0.3, -0.25) is 5.32 Å².